The number of aromatic nitrogens is 2. The number of nitrogens with zero attached hydrogens (tertiary/aromatic N) is 3. The summed E-state index contributed by atoms with van der Waals surface area (Å²) in [5.41, 5.74) is 7.14. The van der Waals surface area contributed by atoms with Crippen molar-refractivity contribution in [2.75, 3.05) is 13.1 Å². The quantitative estimate of drug-likeness (QED) is 0.942. The summed E-state index contributed by atoms with van der Waals surface area (Å²) in [4.78, 5) is 23.3. The number of piperidine rings is 1. The number of aryl methyl sites for hydroxylation is 1. The van der Waals surface area contributed by atoms with E-state index in [9.17, 15) is 4.79 Å². The van der Waals surface area contributed by atoms with Gasteiger partial charge >= 0.3 is 0 Å². The highest BCUT2D eigenvalue weighted by molar-refractivity contribution is 7.10. The number of likely N-dealkylation sites (tertiary alicyclic amines) is 1. The van der Waals surface area contributed by atoms with Gasteiger partial charge in [-0.15, -0.1) is 22.7 Å². The summed E-state index contributed by atoms with van der Waals surface area (Å²) in [6.07, 6.45) is 2.12. The minimum absolute atomic E-state index is 0.0175. The minimum atomic E-state index is 0.0175. The van der Waals surface area contributed by atoms with Gasteiger partial charge in [-0.25, -0.2) is 9.97 Å². The lowest BCUT2D eigenvalue weighted by Gasteiger charge is -2.31. The van der Waals surface area contributed by atoms with Crippen LogP contribution in [0.15, 0.2) is 10.8 Å². The van der Waals surface area contributed by atoms with Crippen LogP contribution in [-0.2, 0) is 6.54 Å². The molecule has 0 spiro atoms. The maximum absolute atomic E-state index is 12.5. The van der Waals surface area contributed by atoms with E-state index in [0.29, 0.717) is 18.2 Å². The lowest BCUT2D eigenvalue weighted by Crippen LogP contribution is -2.39. The summed E-state index contributed by atoms with van der Waals surface area (Å²) in [6.45, 7) is 3.94. The molecule has 112 valence electrons. The molecule has 7 heteroatoms. The van der Waals surface area contributed by atoms with Crippen molar-refractivity contribution in [1.82, 2.24) is 14.9 Å². The first kappa shape index (κ1) is 14.6. The molecule has 1 aliphatic heterocycles. The lowest BCUT2D eigenvalue weighted by molar-refractivity contribution is 0.0701. The van der Waals surface area contributed by atoms with Crippen molar-refractivity contribution in [1.29, 1.82) is 0 Å². The van der Waals surface area contributed by atoms with Crippen molar-refractivity contribution < 1.29 is 4.79 Å². The van der Waals surface area contributed by atoms with E-state index in [2.05, 4.69) is 15.3 Å². The van der Waals surface area contributed by atoms with E-state index in [4.69, 9.17) is 5.73 Å². The predicted octanol–water partition coefficient (Wildman–Crippen LogP) is 2.39. The highest BCUT2D eigenvalue weighted by Crippen LogP contribution is 2.29. The Morgan fingerprint density at radius 3 is 2.95 bits per heavy atom. The molecular weight excluding hydrogens is 304 g/mol. The van der Waals surface area contributed by atoms with Crippen LogP contribution in [0.3, 0.4) is 0 Å². The van der Waals surface area contributed by atoms with E-state index in [1.54, 1.807) is 11.3 Å². The van der Waals surface area contributed by atoms with E-state index in [1.807, 2.05) is 17.2 Å². The minimum Gasteiger partial charge on any atom is -0.337 e. The van der Waals surface area contributed by atoms with Gasteiger partial charge in [0.15, 0.2) is 0 Å². The van der Waals surface area contributed by atoms with Crippen molar-refractivity contribution >= 4 is 28.6 Å². The first-order valence-electron chi connectivity index (χ1n) is 7.03. The van der Waals surface area contributed by atoms with Crippen LogP contribution in [0.4, 0.5) is 0 Å². The average Bonchev–Trinajstić information content (AvgIpc) is 3.15. The van der Waals surface area contributed by atoms with Gasteiger partial charge in [-0.05, 0) is 19.8 Å². The molecule has 0 aromatic carbocycles. The first-order valence-corrected chi connectivity index (χ1v) is 8.79. The number of nitrogens with two attached hydrogens (primary N) is 1. The summed E-state index contributed by atoms with van der Waals surface area (Å²) in [6, 6.07) is 0. The van der Waals surface area contributed by atoms with Crippen molar-refractivity contribution in [3.8, 4) is 0 Å². The topological polar surface area (TPSA) is 72.1 Å². The molecule has 1 fully saturated rings. The van der Waals surface area contributed by atoms with Gasteiger partial charge in [-0.3, -0.25) is 4.79 Å². The summed E-state index contributed by atoms with van der Waals surface area (Å²) < 4.78 is 0. The van der Waals surface area contributed by atoms with Crippen molar-refractivity contribution in [3.05, 3.63) is 32.2 Å². The highest BCUT2D eigenvalue weighted by Gasteiger charge is 2.28. The zero-order valence-corrected chi connectivity index (χ0v) is 13.5. The third-order valence-corrected chi connectivity index (χ3v) is 5.64. The van der Waals surface area contributed by atoms with Crippen LogP contribution >= 0.6 is 22.7 Å². The number of thiazole rings is 2. The fraction of sp³-hybridized carbons (Fsp3) is 0.500. The number of rotatable bonds is 3. The summed E-state index contributed by atoms with van der Waals surface area (Å²) >= 11 is 3.14. The molecule has 0 saturated carbocycles. The second-order valence-electron chi connectivity index (χ2n) is 5.25. The summed E-state index contributed by atoms with van der Waals surface area (Å²) in [5, 5.41) is 5.83. The van der Waals surface area contributed by atoms with E-state index in [0.717, 1.165) is 41.6 Å². The van der Waals surface area contributed by atoms with Gasteiger partial charge in [0.1, 0.15) is 10.7 Å². The Morgan fingerprint density at radius 2 is 2.29 bits per heavy atom. The molecule has 0 bridgehead atoms. The molecule has 3 heterocycles. The Kier molecular flexibility index (Phi) is 4.32. The lowest BCUT2D eigenvalue weighted by atomic mass is 9.98. The fourth-order valence-electron chi connectivity index (χ4n) is 2.59. The van der Waals surface area contributed by atoms with Crippen LogP contribution in [0.2, 0.25) is 0 Å². The van der Waals surface area contributed by atoms with Gasteiger partial charge in [0.05, 0.1) is 5.01 Å². The maximum Gasteiger partial charge on any atom is 0.273 e. The number of hydrogen-bond donors (Lipinski definition) is 1. The van der Waals surface area contributed by atoms with Crippen LogP contribution in [-0.4, -0.2) is 33.9 Å². The standard InChI is InChI=1S/C14H18N4OS2/c1-9-7-21-13(16-9)10-3-2-4-18(6-10)14(19)11-8-20-12(5-15)17-11/h7-8,10H,2-6,15H2,1H3. The van der Waals surface area contributed by atoms with Crippen LogP contribution < -0.4 is 5.73 Å². The molecule has 21 heavy (non-hydrogen) atoms. The van der Waals surface area contributed by atoms with E-state index in [1.165, 1.54) is 11.3 Å². The number of amides is 1. The molecule has 0 aliphatic carbocycles. The second-order valence-corrected chi connectivity index (χ2v) is 7.08. The smallest absolute Gasteiger partial charge is 0.273 e. The van der Waals surface area contributed by atoms with Crippen molar-refractivity contribution in [3.63, 3.8) is 0 Å². The molecule has 0 radical (unpaired) electrons. The van der Waals surface area contributed by atoms with Gasteiger partial charge in [-0.2, -0.15) is 0 Å². The van der Waals surface area contributed by atoms with E-state index < -0.39 is 0 Å². The zero-order valence-electron chi connectivity index (χ0n) is 11.9. The van der Waals surface area contributed by atoms with Crippen LogP contribution in [0.25, 0.3) is 0 Å². The Labute approximate surface area is 131 Å². The van der Waals surface area contributed by atoms with Crippen molar-refractivity contribution in [2.45, 2.75) is 32.2 Å². The molecular formula is C14H18N4OS2. The molecule has 2 N–H and O–H groups in total. The maximum atomic E-state index is 12.5. The molecule has 2 aromatic rings. The van der Waals surface area contributed by atoms with Crippen LogP contribution in [0.5, 0.6) is 0 Å². The van der Waals surface area contributed by atoms with Gasteiger partial charge < -0.3 is 10.6 Å². The number of carbonyl (C=O) groups excluding carboxylic acids is 1. The molecule has 5 nitrogen and oxygen atoms in total. The second kappa shape index (κ2) is 6.21. The third kappa shape index (κ3) is 3.14. The van der Waals surface area contributed by atoms with Crippen molar-refractivity contribution in [2.24, 2.45) is 5.73 Å². The van der Waals surface area contributed by atoms with Gasteiger partial charge in [0.2, 0.25) is 0 Å². The monoisotopic (exact) mass is 322 g/mol. The van der Waals surface area contributed by atoms with E-state index in [-0.39, 0.29) is 5.91 Å². The summed E-state index contributed by atoms with van der Waals surface area (Å²) in [5.74, 6) is 0.373. The van der Waals surface area contributed by atoms with Crippen LogP contribution in [0, 0.1) is 6.92 Å². The van der Waals surface area contributed by atoms with Gasteiger partial charge in [0, 0.05) is 42.0 Å². The molecule has 1 amide bonds. The van der Waals surface area contributed by atoms with Crippen LogP contribution in [0.1, 0.15) is 45.0 Å². The Morgan fingerprint density at radius 1 is 1.43 bits per heavy atom. The highest BCUT2D eigenvalue weighted by atomic mass is 32.1. The predicted molar refractivity (Wildman–Crippen MR) is 84.7 cm³/mol. The average molecular weight is 322 g/mol. The fourth-order valence-corrected chi connectivity index (χ4v) is 4.16. The normalized spacial score (nSPS) is 19.0. The molecule has 3 rings (SSSR count). The number of hydrogen-bond acceptors (Lipinski definition) is 6. The van der Waals surface area contributed by atoms with Gasteiger partial charge in [0.25, 0.3) is 5.91 Å². The van der Waals surface area contributed by atoms with E-state index >= 15 is 0 Å². The number of carbonyl (C=O) groups is 1. The molecule has 1 atom stereocenters. The van der Waals surface area contributed by atoms with Gasteiger partial charge in [-0.1, -0.05) is 0 Å². The summed E-state index contributed by atoms with van der Waals surface area (Å²) in [7, 11) is 0. The molecule has 1 aliphatic rings. The molecule has 1 saturated heterocycles. The molecule has 2 aromatic heterocycles. The Bertz CT molecular complexity index is 636. The molecule has 1 unspecified atom stereocenters. The SMILES string of the molecule is Cc1csc(C2CCCN(C(=O)c3csc(CN)n3)C2)n1. The Hall–Kier alpha value is -1.31. The third-order valence-electron chi connectivity index (χ3n) is 3.64. The largest absolute Gasteiger partial charge is 0.337 e. The first-order chi connectivity index (χ1) is 10.2. The zero-order chi connectivity index (χ0) is 14.8. The Balaban J connectivity index is 1.72.